The fourth-order valence-electron chi connectivity index (χ4n) is 2.76. The molecule has 0 N–H and O–H groups in total. The molecule has 2 aromatic rings. The average Bonchev–Trinajstić information content (AvgIpc) is 3.08. The summed E-state index contributed by atoms with van der Waals surface area (Å²) in [4.78, 5) is 4.64. The first-order valence-corrected chi connectivity index (χ1v) is 8.18. The normalized spacial score (nSPS) is 22.1. The predicted octanol–water partition coefficient (Wildman–Crippen LogP) is 4.53. The minimum atomic E-state index is -0.166. The zero-order chi connectivity index (χ0) is 13.6. The third-order valence-corrected chi connectivity index (χ3v) is 4.88. The summed E-state index contributed by atoms with van der Waals surface area (Å²) in [6.07, 6.45) is 3.07. The van der Waals surface area contributed by atoms with Gasteiger partial charge in [0.25, 0.3) is 0 Å². The topological polar surface area (TPSA) is 17.8 Å². The van der Waals surface area contributed by atoms with Crippen LogP contribution in [0.1, 0.15) is 31.6 Å². The van der Waals surface area contributed by atoms with Crippen LogP contribution in [0.4, 0.5) is 4.39 Å². The van der Waals surface area contributed by atoms with E-state index in [1.807, 2.05) is 28.7 Å². The van der Waals surface area contributed by atoms with Gasteiger partial charge in [0.05, 0.1) is 14.6 Å². The summed E-state index contributed by atoms with van der Waals surface area (Å²) in [5, 5.41) is 0. The van der Waals surface area contributed by atoms with Gasteiger partial charge in [-0.2, -0.15) is 0 Å². The quantitative estimate of drug-likeness (QED) is 0.552. The molecule has 1 aliphatic carbocycles. The molecule has 0 spiro atoms. The molecule has 2 atom stereocenters. The molecule has 3 rings (SSSR count). The van der Waals surface area contributed by atoms with Crippen LogP contribution in [0.2, 0.25) is 0 Å². The van der Waals surface area contributed by atoms with Crippen LogP contribution < -0.4 is 0 Å². The maximum absolute atomic E-state index is 13.8. The molecule has 1 aromatic carbocycles. The summed E-state index contributed by atoms with van der Waals surface area (Å²) in [6.45, 7) is 2.20. The largest absolute Gasteiger partial charge is 0.324 e. The van der Waals surface area contributed by atoms with Crippen LogP contribution in [0.3, 0.4) is 0 Å². The number of aromatic nitrogens is 2. The molecular formula is C14H15ClFIN2. The average molecular weight is 393 g/mol. The molecule has 2 nitrogen and oxygen atoms in total. The van der Waals surface area contributed by atoms with Crippen LogP contribution in [0, 0.1) is 15.3 Å². The Labute approximate surface area is 130 Å². The van der Waals surface area contributed by atoms with E-state index in [0.717, 1.165) is 29.7 Å². The van der Waals surface area contributed by atoms with Crippen molar-refractivity contribution >= 4 is 45.2 Å². The zero-order valence-corrected chi connectivity index (χ0v) is 13.6. The van der Waals surface area contributed by atoms with Crippen LogP contribution in [-0.2, 0) is 6.42 Å². The molecule has 2 unspecified atom stereocenters. The Kier molecular flexibility index (Phi) is 3.73. The van der Waals surface area contributed by atoms with E-state index in [4.69, 9.17) is 11.6 Å². The van der Waals surface area contributed by atoms with Gasteiger partial charge in [-0.25, -0.2) is 9.37 Å². The van der Waals surface area contributed by atoms with Crippen LogP contribution in [0.25, 0.3) is 11.0 Å². The molecule has 0 radical (unpaired) electrons. The van der Waals surface area contributed by atoms with Gasteiger partial charge in [0.2, 0.25) is 0 Å². The lowest BCUT2D eigenvalue weighted by Gasteiger charge is -2.08. The van der Waals surface area contributed by atoms with Crippen molar-refractivity contribution in [3.63, 3.8) is 0 Å². The Bertz CT molecular complexity index is 625. The van der Waals surface area contributed by atoms with Crippen molar-refractivity contribution in [2.45, 2.75) is 32.2 Å². The van der Waals surface area contributed by atoms with Crippen molar-refractivity contribution in [2.75, 3.05) is 5.88 Å². The first-order valence-electron chi connectivity index (χ1n) is 6.57. The fraction of sp³-hybridized carbons (Fsp3) is 0.500. The summed E-state index contributed by atoms with van der Waals surface area (Å²) in [5.41, 5.74) is 1.80. The Hall–Kier alpha value is -0.360. The fourth-order valence-corrected chi connectivity index (χ4v) is 3.38. The number of nitrogens with zero attached hydrogens (tertiary/aromatic N) is 2. The first kappa shape index (κ1) is 13.6. The summed E-state index contributed by atoms with van der Waals surface area (Å²) >= 11 is 7.87. The lowest BCUT2D eigenvalue weighted by Crippen LogP contribution is -2.04. The number of imidazole rings is 1. The standard InChI is InChI=1S/C14H15ClFIN2/c1-2-8-5-12(8)19-13-6-9(16)10(17)7-11(13)18-14(19)3-4-15/h6-8,12H,2-5H2,1H3. The minimum absolute atomic E-state index is 0.166. The maximum Gasteiger partial charge on any atom is 0.138 e. The second kappa shape index (κ2) is 5.20. The molecule has 5 heteroatoms. The SMILES string of the molecule is CCC1CC1n1c(CCCl)nc2cc(I)c(F)cc21. The maximum atomic E-state index is 13.8. The van der Waals surface area contributed by atoms with E-state index >= 15 is 0 Å². The Morgan fingerprint density at radius 1 is 1.53 bits per heavy atom. The molecule has 19 heavy (non-hydrogen) atoms. The third kappa shape index (κ3) is 2.37. The highest BCUT2D eigenvalue weighted by molar-refractivity contribution is 14.1. The van der Waals surface area contributed by atoms with Crippen LogP contribution >= 0.6 is 34.2 Å². The lowest BCUT2D eigenvalue weighted by molar-refractivity contribution is 0.613. The van der Waals surface area contributed by atoms with Gasteiger partial charge >= 0.3 is 0 Å². The number of alkyl halides is 1. The second-order valence-corrected chi connectivity index (χ2v) is 6.60. The number of benzene rings is 1. The molecule has 1 fully saturated rings. The van der Waals surface area contributed by atoms with Gasteiger partial charge in [-0.3, -0.25) is 0 Å². The molecule has 0 bridgehead atoms. The number of aryl methyl sites for hydroxylation is 1. The van der Waals surface area contributed by atoms with E-state index in [1.165, 1.54) is 6.42 Å². The molecule has 1 aliphatic rings. The third-order valence-electron chi connectivity index (χ3n) is 3.86. The van der Waals surface area contributed by atoms with Crippen LogP contribution in [-0.4, -0.2) is 15.4 Å². The highest BCUT2D eigenvalue weighted by atomic mass is 127. The van der Waals surface area contributed by atoms with Gasteiger partial charge in [0.15, 0.2) is 0 Å². The van der Waals surface area contributed by atoms with E-state index in [0.29, 0.717) is 21.4 Å². The Morgan fingerprint density at radius 3 is 2.95 bits per heavy atom. The summed E-state index contributed by atoms with van der Waals surface area (Å²) < 4.78 is 16.6. The van der Waals surface area contributed by atoms with Crippen LogP contribution in [0.15, 0.2) is 12.1 Å². The number of fused-ring (bicyclic) bond motifs is 1. The molecule has 1 heterocycles. The summed E-state index contributed by atoms with van der Waals surface area (Å²) in [5.74, 6) is 2.08. The molecule has 1 saturated carbocycles. The van der Waals surface area contributed by atoms with Gasteiger partial charge in [-0.1, -0.05) is 13.3 Å². The van der Waals surface area contributed by atoms with Crippen molar-refractivity contribution in [3.05, 3.63) is 27.3 Å². The first-order chi connectivity index (χ1) is 9.15. The molecular weight excluding hydrogens is 378 g/mol. The summed E-state index contributed by atoms with van der Waals surface area (Å²) in [7, 11) is 0. The smallest absolute Gasteiger partial charge is 0.138 e. The van der Waals surface area contributed by atoms with Gasteiger partial charge in [-0.15, -0.1) is 11.6 Å². The van der Waals surface area contributed by atoms with Crippen molar-refractivity contribution in [3.8, 4) is 0 Å². The number of hydrogen-bond donors (Lipinski definition) is 0. The van der Waals surface area contributed by atoms with E-state index in [2.05, 4.69) is 16.5 Å². The van der Waals surface area contributed by atoms with Gasteiger partial charge in [0, 0.05) is 24.4 Å². The van der Waals surface area contributed by atoms with Gasteiger partial charge in [0.1, 0.15) is 11.6 Å². The molecule has 1 aromatic heterocycles. The Morgan fingerprint density at radius 2 is 2.32 bits per heavy atom. The number of rotatable bonds is 4. The molecule has 102 valence electrons. The van der Waals surface area contributed by atoms with Crippen LogP contribution in [0.5, 0.6) is 0 Å². The van der Waals surface area contributed by atoms with Crippen molar-refractivity contribution in [2.24, 2.45) is 5.92 Å². The highest BCUT2D eigenvalue weighted by Gasteiger charge is 2.39. The molecule has 0 saturated heterocycles. The van der Waals surface area contributed by atoms with E-state index < -0.39 is 0 Å². The minimum Gasteiger partial charge on any atom is -0.324 e. The predicted molar refractivity (Wildman–Crippen MR) is 84.3 cm³/mol. The van der Waals surface area contributed by atoms with E-state index in [9.17, 15) is 4.39 Å². The van der Waals surface area contributed by atoms with Gasteiger partial charge in [-0.05, 0) is 41.0 Å². The number of halogens is 3. The van der Waals surface area contributed by atoms with E-state index in [1.54, 1.807) is 6.07 Å². The van der Waals surface area contributed by atoms with E-state index in [-0.39, 0.29) is 5.82 Å². The van der Waals surface area contributed by atoms with Gasteiger partial charge < -0.3 is 4.57 Å². The molecule has 0 aliphatic heterocycles. The zero-order valence-electron chi connectivity index (χ0n) is 10.7. The molecule has 0 amide bonds. The lowest BCUT2D eigenvalue weighted by atomic mass is 10.3. The van der Waals surface area contributed by atoms with Crippen molar-refractivity contribution in [1.29, 1.82) is 0 Å². The summed E-state index contributed by atoms with van der Waals surface area (Å²) in [6, 6.07) is 3.92. The van der Waals surface area contributed by atoms with Crippen molar-refractivity contribution < 1.29 is 4.39 Å². The highest BCUT2D eigenvalue weighted by Crippen LogP contribution is 2.47. The Balaban J connectivity index is 2.15. The second-order valence-electron chi connectivity index (χ2n) is 5.06. The number of hydrogen-bond acceptors (Lipinski definition) is 1. The van der Waals surface area contributed by atoms with Crippen molar-refractivity contribution in [1.82, 2.24) is 9.55 Å². The monoisotopic (exact) mass is 392 g/mol.